The van der Waals surface area contributed by atoms with Crippen molar-refractivity contribution < 1.29 is 19.2 Å². The van der Waals surface area contributed by atoms with E-state index in [1.54, 1.807) is 0 Å². The van der Waals surface area contributed by atoms with E-state index < -0.39 is 23.8 Å². The number of hydrogen-bond donors (Lipinski definition) is 2. The number of aryl methyl sites for hydroxylation is 2. The number of nitrogens with zero attached hydrogens (tertiary/aromatic N) is 1. The summed E-state index contributed by atoms with van der Waals surface area (Å²) in [6.07, 6.45) is 2.73. The summed E-state index contributed by atoms with van der Waals surface area (Å²) in [7, 11) is 0. The molecule has 0 aliphatic carbocycles. The van der Waals surface area contributed by atoms with Crippen LogP contribution in [0.1, 0.15) is 54.4 Å². The van der Waals surface area contributed by atoms with E-state index in [2.05, 4.69) is 17.2 Å². The van der Waals surface area contributed by atoms with Gasteiger partial charge in [-0.15, -0.1) is 0 Å². The number of carbonyl (C=O) groups excluding carboxylic acids is 4. The predicted octanol–water partition coefficient (Wildman–Crippen LogP) is 4.72. The highest BCUT2D eigenvalue weighted by atomic mass is 35.5. The first-order valence-corrected chi connectivity index (χ1v) is 12.6. The van der Waals surface area contributed by atoms with Crippen molar-refractivity contribution in [3.05, 3.63) is 87.7 Å². The van der Waals surface area contributed by atoms with E-state index in [-0.39, 0.29) is 17.4 Å². The van der Waals surface area contributed by atoms with E-state index in [1.165, 1.54) is 6.08 Å². The number of benzene rings is 2. The van der Waals surface area contributed by atoms with Gasteiger partial charge in [-0.1, -0.05) is 43.3 Å². The van der Waals surface area contributed by atoms with Gasteiger partial charge in [0.2, 0.25) is 5.91 Å². The molecule has 3 amide bonds. The number of piperidine rings is 1. The zero-order valence-corrected chi connectivity index (χ0v) is 21.9. The molecular weight excluding hydrogens is 490 g/mol. The molecule has 37 heavy (non-hydrogen) atoms. The topological polar surface area (TPSA) is 95.6 Å². The molecule has 0 bridgehead atoms. The molecule has 0 saturated carbocycles. The number of anilines is 1. The van der Waals surface area contributed by atoms with Crippen molar-refractivity contribution in [1.82, 2.24) is 10.2 Å². The highest BCUT2D eigenvalue weighted by Gasteiger charge is 2.41. The average molecular weight is 520 g/mol. The molecule has 2 aromatic carbocycles. The Labute approximate surface area is 221 Å². The Bertz CT molecular complexity index is 1350. The number of halogens is 1. The van der Waals surface area contributed by atoms with Crippen molar-refractivity contribution in [2.24, 2.45) is 0 Å². The molecule has 1 saturated heterocycles. The van der Waals surface area contributed by atoms with E-state index in [0.717, 1.165) is 27.2 Å². The smallest absolute Gasteiger partial charge is 0.278 e. The lowest BCUT2D eigenvalue weighted by Crippen LogP contribution is -2.52. The van der Waals surface area contributed by atoms with Gasteiger partial charge in [0.05, 0.1) is 0 Å². The van der Waals surface area contributed by atoms with Crippen molar-refractivity contribution in [2.75, 3.05) is 5.32 Å². The first kappa shape index (κ1) is 26.4. The maximum Gasteiger partial charge on any atom is 0.278 e. The molecule has 7 nitrogen and oxygen atoms in total. The molecule has 2 N–H and O–H groups in total. The van der Waals surface area contributed by atoms with E-state index in [4.69, 9.17) is 11.6 Å². The third kappa shape index (κ3) is 6.00. The maximum atomic E-state index is 13.0. The SMILES string of the molecule is C=C1CCC(N2C(=O)C=C(Nc3cc(C)cc(C(C)CC(=O)Cc4ccc(C)c(Cl)c4)c3)C2=O)C(=O)N1. The van der Waals surface area contributed by atoms with Crippen molar-refractivity contribution in [3.63, 3.8) is 0 Å². The summed E-state index contributed by atoms with van der Waals surface area (Å²) in [6.45, 7) is 9.58. The van der Waals surface area contributed by atoms with E-state index in [1.807, 2.05) is 57.2 Å². The fraction of sp³-hybridized carbons (Fsp3) is 0.310. The lowest BCUT2D eigenvalue weighted by atomic mass is 9.92. The van der Waals surface area contributed by atoms with Gasteiger partial charge < -0.3 is 10.6 Å². The largest absolute Gasteiger partial charge is 0.351 e. The third-order valence-corrected chi connectivity index (χ3v) is 7.11. The van der Waals surface area contributed by atoms with Crippen LogP contribution in [-0.4, -0.2) is 34.4 Å². The minimum Gasteiger partial charge on any atom is -0.351 e. The van der Waals surface area contributed by atoms with Gasteiger partial charge >= 0.3 is 0 Å². The number of nitrogens with one attached hydrogen (secondary N) is 2. The number of carbonyl (C=O) groups is 4. The fourth-order valence-electron chi connectivity index (χ4n) is 4.71. The molecule has 2 aromatic rings. The minimum atomic E-state index is -0.858. The number of rotatable bonds is 8. The quantitative estimate of drug-likeness (QED) is 0.492. The maximum absolute atomic E-state index is 13.0. The second kappa shape index (κ2) is 10.7. The Morgan fingerprint density at radius 2 is 1.95 bits per heavy atom. The summed E-state index contributed by atoms with van der Waals surface area (Å²) in [5.74, 6) is -1.42. The molecule has 2 aliphatic rings. The highest BCUT2D eigenvalue weighted by Crippen LogP contribution is 2.28. The molecule has 2 atom stereocenters. The Morgan fingerprint density at radius 3 is 2.65 bits per heavy atom. The number of amides is 3. The molecule has 192 valence electrons. The van der Waals surface area contributed by atoms with E-state index >= 15 is 0 Å². The van der Waals surface area contributed by atoms with Gasteiger partial charge in [0.1, 0.15) is 17.5 Å². The lowest BCUT2D eigenvalue weighted by Gasteiger charge is -2.29. The Balaban J connectivity index is 1.43. The van der Waals surface area contributed by atoms with Crippen LogP contribution in [0, 0.1) is 13.8 Å². The van der Waals surface area contributed by atoms with Crippen LogP contribution in [0.5, 0.6) is 0 Å². The van der Waals surface area contributed by atoms with Crippen LogP contribution < -0.4 is 10.6 Å². The van der Waals surface area contributed by atoms with Crippen molar-refractivity contribution >= 4 is 40.8 Å². The molecule has 0 aromatic heterocycles. The first-order valence-electron chi connectivity index (χ1n) is 12.2. The van der Waals surface area contributed by atoms with Crippen LogP contribution in [0.3, 0.4) is 0 Å². The average Bonchev–Trinajstić information content (AvgIpc) is 3.08. The molecule has 2 heterocycles. The Morgan fingerprint density at radius 1 is 1.19 bits per heavy atom. The van der Waals surface area contributed by atoms with Gasteiger partial charge in [0, 0.05) is 35.3 Å². The minimum absolute atomic E-state index is 0.0562. The lowest BCUT2D eigenvalue weighted by molar-refractivity contribution is -0.146. The molecule has 0 spiro atoms. The normalized spacial score (nSPS) is 18.5. The summed E-state index contributed by atoms with van der Waals surface area (Å²) >= 11 is 6.19. The zero-order chi connectivity index (χ0) is 26.9. The van der Waals surface area contributed by atoms with E-state index in [0.29, 0.717) is 42.1 Å². The summed E-state index contributed by atoms with van der Waals surface area (Å²) in [4.78, 5) is 51.7. The summed E-state index contributed by atoms with van der Waals surface area (Å²) in [5.41, 5.74) is 5.07. The number of ketones is 1. The van der Waals surface area contributed by atoms with Gasteiger partial charge in [-0.25, -0.2) is 0 Å². The molecule has 2 aliphatic heterocycles. The Kier molecular flexibility index (Phi) is 7.64. The van der Waals surface area contributed by atoms with Gasteiger partial charge in [-0.2, -0.15) is 0 Å². The number of hydrogen-bond acceptors (Lipinski definition) is 5. The van der Waals surface area contributed by atoms with Crippen LogP contribution in [0.2, 0.25) is 5.02 Å². The van der Waals surface area contributed by atoms with Crippen LogP contribution in [0.25, 0.3) is 0 Å². The molecular formula is C29H30ClN3O4. The van der Waals surface area contributed by atoms with Gasteiger partial charge in [-0.3, -0.25) is 24.1 Å². The van der Waals surface area contributed by atoms with Gasteiger partial charge in [0.15, 0.2) is 0 Å². The second-order valence-corrected chi connectivity index (χ2v) is 10.3. The van der Waals surface area contributed by atoms with E-state index in [9.17, 15) is 19.2 Å². The number of imide groups is 1. The summed E-state index contributed by atoms with van der Waals surface area (Å²) < 4.78 is 0. The molecule has 8 heteroatoms. The highest BCUT2D eigenvalue weighted by molar-refractivity contribution is 6.31. The number of Topliss-reactive ketones (excluding diaryl/α,β-unsaturated/α-hetero) is 1. The monoisotopic (exact) mass is 519 g/mol. The first-order chi connectivity index (χ1) is 17.5. The van der Waals surface area contributed by atoms with Crippen LogP contribution >= 0.6 is 11.6 Å². The van der Waals surface area contributed by atoms with Crippen LogP contribution in [0.4, 0.5) is 5.69 Å². The summed E-state index contributed by atoms with van der Waals surface area (Å²) in [5, 5.41) is 6.32. The molecule has 1 fully saturated rings. The van der Waals surface area contributed by atoms with Crippen molar-refractivity contribution in [2.45, 2.75) is 58.4 Å². The van der Waals surface area contributed by atoms with Crippen molar-refractivity contribution in [3.8, 4) is 0 Å². The fourth-order valence-corrected chi connectivity index (χ4v) is 4.91. The van der Waals surface area contributed by atoms with Crippen LogP contribution in [0.15, 0.2) is 60.4 Å². The standard InChI is InChI=1S/C29H30ClN3O4/c1-16-9-21(18(3)11-23(34)12-20-7-5-17(2)24(30)13-20)14-22(10-16)32-25-15-27(35)33(29(25)37)26-8-6-19(4)31-28(26)36/h5,7,9-10,13-15,18,26,32H,4,6,8,11-12H2,1-3H3,(H,31,36). The van der Waals surface area contributed by atoms with Crippen molar-refractivity contribution in [1.29, 1.82) is 0 Å². The number of allylic oxidation sites excluding steroid dienone is 1. The van der Waals surface area contributed by atoms with Crippen LogP contribution in [-0.2, 0) is 25.6 Å². The third-order valence-electron chi connectivity index (χ3n) is 6.71. The van der Waals surface area contributed by atoms with Gasteiger partial charge in [-0.05, 0) is 73.1 Å². The second-order valence-electron chi connectivity index (χ2n) is 9.88. The Hall–Kier alpha value is -3.71. The molecule has 2 unspecified atom stereocenters. The predicted molar refractivity (Wildman–Crippen MR) is 143 cm³/mol. The molecule has 0 radical (unpaired) electrons. The zero-order valence-electron chi connectivity index (χ0n) is 21.2. The van der Waals surface area contributed by atoms with Gasteiger partial charge in [0.25, 0.3) is 11.8 Å². The summed E-state index contributed by atoms with van der Waals surface area (Å²) in [6, 6.07) is 10.6. The molecule has 4 rings (SSSR count).